The normalized spacial score (nSPS) is 14.8. The summed E-state index contributed by atoms with van der Waals surface area (Å²) in [5.41, 5.74) is 0. The van der Waals surface area contributed by atoms with E-state index in [0.717, 1.165) is 25.7 Å². The number of rotatable bonds is 20. The Morgan fingerprint density at radius 2 is 0.889 bits per heavy atom. The molecular weight excluding hydrogens is 378 g/mol. The maximum atomic E-state index is 12.1. The Bertz CT molecular complexity index is 343. The van der Waals surface area contributed by atoms with Gasteiger partial charge in [-0.25, -0.2) is 0 Å². The standard InChI is InChI=1S/C21H44O4P2/c1-3-5-7-9-11-13-18-26(24)20(22)16-15-17-21(23)27(25)19-14-12-10-8-6-4-2/h20-23H,3-19H2,1-2H3/q+2. The Morgan fingerprint density at radius 3 is 1.26 bits per heavy atom. The summed E-state index contributed by atoms with van der Waals surface area (Å²) in [5.74, 6) is -1.56. The quantitative estimate of drug-likeness (QED) is 0.161. The lowest BCUT2D eigenvalue weighted by Gasteiger charge is -2.03. The van der Waals surface area contributed by atoms with Crippen LogP contribution in [-0.4, -0.2) is 34.2 Å². The topological polar surface area (TPSA) is 74.6 Å². The van der Waals surface area contributed by atoms with Gasteiger partial charge in [0.1, 0.15) is 12.3 Å². The van der Waals surface area contributed by atoms with Crippen LogP contribution in [0.1, 0.15) is 110 Å². The van der Waals surface area contributed by atoms with Crippen LogP contribution in [0.25, 0.3) is 0 Å². The SMILES string of the molecule is CCCCCCCC[P+](=O)C(O)CCCC(O)[P+](=O)CCCCCCCC. The molecule has 0 spiro atoms. The molecular formula is C21H44O4P2+2. The van der Waals surface area contributed by atoms with Crippen molar-refractivity contribution in [3.63, 3.8) is 0 Å². The van der Waals surface area contributed by atoms with Gasteiger partial charge in [0.15, 0.2) is 0 Å². The Labute approximate surface area is 169 Å². The monoisotopic (exact) mass is 422 g/mol. The first-order valence-electron chi connectivity index (χ1n) is 11.3. The van der Waals surface area contributed by atoms with Crippen LogP contribution in [0.5, 0.6) is 0 Å². The third-order valence-corrected chi connectivity index (χ3v) is 8.41. The number of aliphatic hydroxyl groups is 2. The van der Waals surface area contributed by atoms with E-state index in [-0.39, 0.29) is 0 Å². The van der Waals surface area contributed by atoms with Crippen molar-refractivity contribution in [1.82, 2.24) is 0 Å². The maximum Gasteiger partial charge on any atom is 0.369 e. The van der Waals surface area contributed by atoms with Gasteiger partial charge >= 0.3 is 15.6 Å². The largest absolute Gasteiger partial charge is 0.369 e. The molecule has 0 saturated carbocycles. The molecule has 0 aliphatic heterocycles. The van der Waals surface area contributed by atoms with E-state index < -0.39 is 27.3 Å². The van der Waals surface area contributed by atoms with Crippen LogP contribution in [0, 0.1) is 0 Å². The maximum absolute atomic E-state index is 12.1. The highest BCUT2D eigenvalue weighted by molar-refractivity contribution is 7.45. The molecule has 27 heavy (non-hydrogen) atoms. The molecule has 0 saturated heterocycles. The molecule has 0 aromatic heterocycles. The summed E-state index contributed by atoms with van der Waals surface area (Å²) in [6.07, 6.45) is 16.5. The number of aliphatic hydroxyl groups excluding tert-OH is 2. The molecule has 4 nitrogen and oxygen atoms in total. The fourth-order valence-corrected chi connectivity index (χ4v) is 5.77. The van der Waals surface area contributed by atoms with Crippen molar-refractivity contribution in [1.29, 1.82) is 0 Å². The zero-order valence-corrected chi connectivity index (χ0v) is 19.6. The summed E-state index contributed by atoms with van der Waals surface area (Å²) in [5, 5.41) is 20.0. The average molecular weight is 423 g/mol. The average Bonchev–Trinajstić information content (AvgIpc) is 2.66. The first kappa shape index (κ1) is 27.1. The second-order valence-electron chi connectivity index (χ2n) is 7.71. The van der Waals surface area contributed by atoms with E-state index in [1.165, 1.54) is 51.4 Å². The van der Waals surface area contributed by atoms with Gasteiger partial charge in [-0.05, 0) is 32.1 Å². The predicted octanol–water partition coefficient (Wildman–Crippen LogP) is 7.17. The summed E-state index contributed by atoms with van der Waals surface area (Å²) in [6.45, 7) is 4.38. The fourth-order valence-electron chi connectivity index (χ4n) is 3.16. The third-order valence-electron chi connectivity index (χ3n) is 5.05. The Balaban J connectivity index is 3.68. The van der Waals surface area contributed by atoms with Gasteiger partial charge in [-0.3, -0.25) is 0 Å². The van der Waals surface area contributed by atoms with E-state index in [2.05, 4.69) is 13.8 Å². The van der Waals surface area contributed by atoms with Crippen LogP contribution in [0.4, 0.5) is 0 Å². The smallest absolute Gasteiger partial charge is 0.351 e. The van der Waals surface area contributed by atoms with E-state index in [1.807, 2.05) is 0 Å². The molecule has 0 bridgehead atoms. The second kappa shape index (κ2) is 19.4. The van der Waals surface area contributed by atoms with Gasteiger partial charge in [0.25, 0.3) is 11.7 Å². The minimum Gasteiger partial charge on any atom is -0.351 e. The lowest BCUT2D eigenvalue weighted by Crippen LogP contribution is -2.07. The molecule has 0 amide bonds. The van der Waals surface area contributed by atoms with Gasteiger partial charge in [-0.1, -0.05) is 74.3 Å². The molecule has 0 aliphatic rings. The van der Waals surface area contributed by atoms with Crippen molar-refractivity contribution < 1.29 is 19.3 Å². The molecule has 6 heteroatoms. The van der Waals surface area contributed by atoms with Crippen molar-refractivity contribution in [3.8, 4) is 0 Å². The number of unbranched alkanes of at least 4 members (excludes halogenated alkanes) is 10. The lowest BCUT2D eigenvalue weighted by molar-refractivity contribution is 0.209. The summed E-state index contributed by atoms with van der Waals surface area (Å²) < 4.78 is 24.1. The van der Waals surface area contributed by atoms with Crippen LogP contribution < -0.4 is 0 Å². The molecule has 4 unspecified atom stereocenters. The van der Waals surface area contributed by atoms with Gasteiger partial charge in [-0.2, -0.15) is 0 Å². The van der Waals surface area contributed by atoms with Gasteiger partial charge < -0.3 is 10.2 Å². The fraction of sp³-hybridized carbons (Fsp3) is 1.00. The predicted molar refractivity (Wildman–Crippen MR) is 118 cm³/mol. The van der Waals surface area contributed by atoms with Crippen LogP contribution >= 0.6 is 15.6 Å². The summed E-state index contributed by atoms with van der Waals surface area (Å²) in [6, 6.07) is 0. The Kier molecular flexibility index (Phi) is 19.5. The summed E-state index contributed by atoms with van der Waals surface area (Å²) >= 11 is 0. The molecule has 0 radical (unpaired) electrons. The summed E-state index contributed by atoms with van der Waals surface area (Å²) in [7, 11) is -3.16. The van der Waals surface area contributed by atoms with Crippen molar-refractivity contribution >= 4 is 15.6 Å². The van der Waals surface area contributed by atoms with Crippen LogP contribution in [0.2, 0.25) is 0 Å². The van der Waals surface area contributed by atoms with E-state index in [0.29, 0.717) is 31.6 Å². The molecule has 0 rings (SSSR count). The highest BCUT2D eigenvalue weighted by Gasteiger charge is 2.30. The van der Waals surface area contributed by atoms with Crippen molar-refractivity contribution in [2.24, 2.45) is 0 Å². The van der Waals surface area contributed by atoms with Crippen LogP contribution in [0.3, 0.4) is 0 Å². The van der Waals surface area contributed by atoms with Crippen molar-refractivity contribution in [2.45, 2.75) is 122 Å². The lowest BCUT2D eigenvalue weighted by atomic mass is 10.1. The minimum atomic E-state index is -1.58. The van der Waals surface area contributed by atoms with E-state index >= 15 is 0 Å². The molecule has 0 fully saturated rings. The molecule has 0 aromatic carbocycles. The number of hydrogen-bond donors (Lipinski definition) is 2. The highest BCUT2D eigenvalue weighted by atomic mass is 31.1. The van der Waals surface area contributed by atoms with Crippen LogP contribution in [-0.2, 0) is 9.13 Å². The Hall–Kier alpha value is 0.120. The summed E-state index contributed by atoms with van der Waals surface area (Å²) in [4.78, 5) is 0. The van der Waals surface area contributed by atoms with Crippen molar-refractivity contribution in [3.05, 3.63) is 0 Å². The van der Waals surface area contributed by atoms with Gasteiger partial charge in [-0.15, -0.1) is 0 Å². The molecule has 2 N–H and O–H groups in total. The molecule has 0 aromatic rings. The van der Waals surface area contributed by atoms with Gasteiger partial charge in [0, 0.05) is 12.8 Å². The van der Waals surface area contributed by atoms with E-state index in [1.54, 1.807) is 0 Å². The van der Waals surface area contributed by atoms with Crippen molar-refractivity contribution in [2.75, 3.05) is 12.3 Å². The first-order valence-corrected chi connectivity index (χ1v) is 14.3. The van der Waals surface area contributed by atoms with E-state index in [4.69, 9.17) is 0 Å². The molecule has 0 aliphatic carbocycles. The first-order chi connectivity index (χ1) is 13.0. The molecule has 0 heterocycles. The van der Waals surface area contributed by atoms with Gasteiger partial charge in [0.05, 0.1) is 0 Å². The van der Waals surface area contributed by atoms with Crippen LogP contribution in [0.15, 0.2) is 0 Å². The number of hydrogen-bond acceptors (Lipinski definition) is 4. The minimum absolute atomic E-state index is 0.433. The van der Waals surface area contributed by atoms with Gasteiger partial charge in [0.2, 0.25) is 0 Å². The Morgan fingerprint density at radius 1 is 0.556 bits per heavy atom. The third kappa shape index (κ3) is 16.8. The zero-order valence-electron chi connectivity index (χ0n) is 17.8. The second-order valence-corrected chi connectivity index (χ2v) is 11.5. The van der Waals surface area contributed by atoms with E-state index in [9.17, 15) is 19.3 Å². The molecule has 4 atom stereocenters. The zero-order chi connectivity index (χ0) is 20.3. The highest BCUT2D eigenvalue weighted by Crippen LogP contribution is 2.34. The molecule has 160 valence electrons.